The lowest BCUT2D eigenvalue weighted by Crippen LogP contribution is -2.38. The Labute approximate surface area is 95.8 Å². The summed E-state index contributed by atoms with van der Waals surface area (Å²) < 4.78 is 24.4. The molecule has 2 rings (SSSR count). The van der Waals surface area contributed by atoms with Crippen molar-refractivity contribution in [1.29, 1.82) is 0 Å². The molecule has 0 spiro atoms. The minimum atomic E-state index is -2.74. The second kappa shape index (κ2) is 4.97. The Hall–Kier alpha value is -0.880. The summed E-state index contributed by atoms with van der Waals surface area (Å²) >= 11 is 0. The summed E-state index contributed by atoms with van der Waals surface area (Å²) in [4.78, 5) is 3.96. The van der Waals surface area contributed by atoms with Gasteiger partial charge in [-0.1, -0.05) is 0 Å². The van der Waals surface area contributed by atoms with E-state index in [-0.39, 0.29) is 0 Å². The summed E-state index contributed by atoms with van der Waals surface area (Å²) in [6, 6.07) is 0.354. The number of sulfone groups is 1. The first-order chi connectivity index (χ1) is 7.66. The fourth-order valence-corrected chi connectivity index (χ4v) is 3.40. The molecule has 0 aliphatic carbocycles. The fraction of sp³-hybridized carbons (Fsp3) is 0.700. The van der Waals surface area contributed by atoms with Crippen molar-refractivity contribution in [3.63, 3.8) is 0 Å². The molecule has 1 N–H and O–H groups in total. The molecule has 1 aromatic rings. The normalized spacial score (nSPS) is 21.0. The van der Waals surface area contributed by atoms with E-state index in [0.29, 0.717) is 17.5 Å². The van der Waals surface area contributed by atoms with Crippen molar-refractivity contribution in [3.05, 3.63) is 18.7 Å². The van der Waals surface area contributed by atoms with Crippen molar-refractivity contribution in [2.45, 2.75) is 25.4 Å². The maximum Gasteiger partial charge on any atom is 0.150 e. The second-order valence-corrected chi connectivity index (χ2v) is 6.48. The van der Waals surface area contributed by atoms with Crippen LogP contribution in [0.2, 0.25) is 0 Å². The fourth-order valence-electron chi connectivity index (χ4n) is 1.91. The first-order valence-corrected chi connectivity index (χ1v) is 7.37. The second-order valence-electron chi connectivity index (χ2n) is 4.18. The maximum atomic E-state index is 11.2. The third kappa shape index (κ3) is 3.31. The number of hydrogen-bond acceptors (Lipinski definition) is 4. The van der Waals surface area contributed by atoms with Gasteiger partial charge in [0.15, 0.2) is 0 Å². The standard InChI is InChI=1S/C10H17N3O2S/c14-16(15)7-1-10(2-8-16)12-4-6-13-5-3-11-9-13/h3,5,9-10,12H,1-2,4,6-8H2. The highest BCUT2D eigenvalue weighted by atomic mass is 32.2. The zero-order valence-electron chi connectivity index (χ0n) is 9.17. The van der Waals surface area contributed by atoms with E-state index in [2.05, 4.69) is 10.3 Å². The summed E-state index contributed by atoms with van der Waals surface area (Å²) in [5.74, 6) is 0.658. The molecule has 0 unspecified atom stereocenters. The van der Waals surface area contributed by atoms with E-state index in [9.17, 15) is 8.42 Å². The quantitative estimate of drug-likeness (QED) is 0.811. The van der Waals surface area contributed by atoms with Gasteiger partial charge in [-0.2, -0.15) is 0 Å². The molecule has 1 aromatic heterocycles. The highest BCUT2D eigenvalue weighted by Gasteiger charge is 2.22. The van der Waals surface area contributed by atoms with Gasteiger partial charge in [0, 0.05) is 31.5 Å². The van der Waals surface area contributed by atoms with E-state index in [1.165, 1.54) is 0 Å². The van der Waals surface area contributed by atoms with Crippen LogP contribution in [0.15, 0.2) is 18.7 Å². The summed E-state index contributed by atoms with van der Waals surface area (Å²) in [7, 11) is -2.74. The molecule has 5 nitrogen and oxygen atoms in total. The first kappa shape index (κ1) is 11.6. The predicted molar refractivity (Wildman–Crippen MR) is 61.9 cm³/mol. The molecule has 0 radical (unpaired) electrons. The van der Waals surface area contributed by atoms with Gasteiger partial charge in [-0.3, -0.25) is 0 Å². The molecule has 1 aliphatic heterocycles. The van der Waals surface area contributed by atoms with Crippen molar-refractivity contribution >= 4 is 9.84 Å². The van der Waals surface area contributed by atoms with Crippen LogP contribution in [0.5, 0.6) is 0 Å². The summed E-state index contributed by atoms with van der Waals surface area (Å²) in [6.45, 7) is 1.74. The topological polar surface area (TPSA) is 64.0 Å². The van der Waals surface area contributed by atoms with Gasteiger partial charge in [0.1, 0.15) is 9.84 Å². The summed E-state index contributed by atoms with van der Waals surface area (Å²) in [5, 5.41) is 3.38. The average molecular weight is 243 g/mol. The van der Waals surface area contributed by atoms with Crippen molar-refractivity contribution in [3.8, 4) is 0 Å². The van der Waals surface area contributed by atoms with Crippen LogP contribution in [0, 0.1) is 0 Å². The van der Waals surface area contributed by atoms with E-state index in [0.717, 1.165) is 25.9 Å². The smallest absolute Gasteiger partial charge is 0.150 e. The van der Waals surface area contributed by atoms with E-state index in [1.54, 1.807) is 12.5 Å². The molecule has 0 bridgehead atoms. The monoisotopic (exact) mass is 243 g/mol. The molecule has 0 aromatic carbocycles. The number of nitrogens with zero attached hydrogens (tertiary/aromatic N) is 2. The molecule has 1 fully saturated rings. The highest BCUT2D eigenvalue weighted by Crippen LogP contribution is 2.11. The lowest BCUT2D eigenvalue weighted by atomic mass is 10.1. The Bertz CT molecular complexity index is 399. The van der Waals surface area contributed by atoms with Gasteiger partial charge in [-0.05, 0) is 12.8 Å². The number of aromatic nitrogens is 2. The number of hydrogen-bond donors (Lipinski definition) is 1. The van der Waals surface area contributed by atoms with Crippen LogP contribution in [-0.2, 0) is 16.4 Å². The van der Waals surface area contributed by atoms with Gasteiger partial charge in [-0.15, -0.1) is 0 Å². The van der Waals surface area contributed by atoms with Crippen LogP contribution in [0.4, 0.5) is 0 Å². The molecule has 0 atom stereocenters. The lowest BCUT2D eigenvalue weighted by Gasteiger charge is -2.23. The van der Waals surface area contributed by atoms with Crippen LogP contribution in [0.3, 0.4) is 0 Å². The Morgan fingerprint density at radius 3 is 2.75 bits per heavy atom. The Morgan fingerprint density at radius 2 is 2.12 bits per heavy atom. The molecule has 2 heterocycles. The largest absolute Gasteiger partial charge is 0.336 e. The highest BCUT2D eigenvalue weighted by molar-refractivity contribution is 7.91. The molecular formula is C10H17N3O2S. The van der Waals surface area contributed by atoms with Gasteiger partial charge in [0.05, 0.1) is 17.8 Å². The first-order valence-electron chi connectivity index (χ1n) is 5.55. The zero-order valence-corrected chi connectivity index (χ0v) is 9.99. The molecule has 6 heteroatoms. The number of rotatable bonds is 4. The minimum absolute atomic E-state index is 0.329. The van der Waals surface area contributed by atoms with Gasteiger partial charge < -0.3 is 9.88 Å². The average Bonchev–Trinajstić information content (AvgIpc) is 2.73. The van der Waals surface area contributed by atoms with Crippen LogP contribution < -0.4 is 5.32 Å². The maximum absolute atomic E-state index is 11.2. The summed E-state index contributed by atoms with van der Waals surface area (Å²) in [5.41, 5.74) is 0. The minimum Gasteiger partial charge on any atom is -0.336 e. The third-order valence-electron chi connectivity index (χ3n) is 2.92. The Kier molecular flexibility index (Phi) is 3.60. The summed E-state index contributed by atoms with van der Waals surface area (Å²) in [6.07, 6.45) is 6.95. The molecule has 1 aliphatic rings. The molecule has 1 saturated heterocycles. The van der Waals surface area contributed by atoms with Crippen LogP contribution in [-0.4, -0.2) is 42.1 Å². The van der Waals surface area contributed by atoms with Crippen molar-refractivity contribution in [2.75, 3.05) is 18.1 Å². The van der Waals surface area contributed by atoms with Crippen molar-refractivity contribution in [1.82, 2.24) is 14.9 Å². The molecular weight excluding hydrogens is 226 g/mol. The Morgan fingerprint density at radius 1 is 1.38 bits per heavy atom. The predicted octanol–water partition coefficient (Wildman–Crippen LogP) is 0.0499. The van der Waals surface area contributed by atoms with Crippen LogP contribution >= 0.6 is 0 Å². The van der Waals surface area contributed by atoms with Crippen molar-refractivity contribution < 1.29 is 8.42 Å². The van der Waals surface area contributed by atoms with E-state index >= 15 is 0 Å². The van der Waals surface area contributed by atoms with Crippen molar-refractivity contribution in [2.24, 2.45) is 0 Å². The lowest BCUT2D eigenvalue weighted by molar-refractivity contribution is 0.449. The van der Waals surface area contributed by atoms with Gasteiger partial charge in [0.25, 0.3) is 0 Å². The molecule has 0 saturated carbocycles. The van der Waals surface area contributed by atoms with E-state index < -0.39 is 9.84 Å². The number of nitrogens with one attached hydrogen (secondary N) is 1. The van der Waals surface area contributed by atoms with Crippen LogP contribution in [0.25, 0.3) is 0 Å². The number of imidazole rings is 1. The molecule has 90 valence electrons. The van der Waals surface area contributed by atoms with Gasteiger partial charge in [-0.25, -0.2) is 13.4 Å². The van der Waals surface area contributed by atoms with Crippen LogP contribution in [0.1, 0.15) is 12.8 Å². The molecule has 0 amide bonds. The van der Waals surface area contributed by atoms with Gasteiger partial charge >= 0.3 is 0 Å². The SMILES string of the molecule is O=S1(=O)CCC(NCCn2ccnc2)CC1. The zero-order chi connectivity index (χ0) is 11.4. The Balaban J connectivity index is 1.68. The van der Waals surface area contributed by atoms with E-state index in [1.807, 2.05) is 10.8 Å². The third-order valence-corrected chi connectivity index (χ3v) is 4.63. The van der Waals surface area contributed by atoms with Gasteiger partial charge in [0.2, 0.25) is 0 Å². The van der Waals surface area contributed by atoms with E-state index in [4.69, 9.17) is 0 Å². The molecule has 16 heavy (non-hydrogen) atoms.